The van der Waals surface area contributed by atoms with E-state index in [0.29, 0.717) is 11.4 Å². The number of nitrogen functional groups attached to an aromatic ring is 2. The van der Waals surface area contributed by atoms with Crippen LogP contribution in [0, 0.1) is 6.92 Å². The first-order chi connectivity index (χ1) is 12.3. The molecule has 3 rings (SSSR count). The van der Waals surface area contributed by atoms with E-state index in [1.54, 1.807) is 0 Å². The van der Waals surface area contributed by atoms with E-state index in [9.17, 15) is 0 Å². The van der Waals surface area contributed by atoms with E-state index < -0.39 is 0 Å². The highest BCUT2D eigenvalue weighted by Gasteiger charge is 2.16. The summed E-state index contributed by atoms with van der Waals surface area (Å²) in [7, 11) is 0. The predicted octanol–water partition coefficient (Wildman–Crippen LogP) is 5.64. The topological polar surface area (TPSA) is 67.8 Å². The molecule has 0 bridgehead atoms. The summed E-state index contributed by atoms with van der Waals surface area (Å²) in [5.41, 5.74) is 17.8. The van der Waals surface area contributed by atoms with Crippen LogP contribution in [0.15, 0.2) is 60.8 Å². The summed E-state index contributed by atoms with van der Waals surface area (Å²) >= 11 is 0. The van der Waals surface area contributed by atoms with Crippen LogP contribution in [0.5, 0.6) is 0 Å². The molecule has 0 saturated carbocycles. The lowest BCUT2D eigenvalue weighted by Crippen LogP contribution is -2.12. The van der Waals surface area contributed by atoms with Gasteiger partial charge in [0.2, 0.25) is 0 Å². The molecule has 2 aromatic carbocycles. The summed E-state index contributed by atoms with van der Waals surface area (Å²) in [4.78, 5) is 3.25. The molecule has 0 unspecified atom stereocenters. The first-order valence-electron chi connectivity index (χ1n) is 8.80. The van der Waals surface area contributed by atoms with E-state index in [2.05, 4.69) is 50.9 Å². The average Bonchev–Trinajstić information content (AvgIpc) is 3.04. The smallest absolute Gasteiger partial charge is 0.0553 e. The van der Waals surface area contributed by atoms with E-state index in [0.717, 1.165) is 11.1 Å². The summed E-state index contributed by atoms with van der Waals surface area (Å²) in [6.07, 6.45) is 6.06. The first-order valence-corrected chi connectivity index (χ1v) is 8.80. The van der Waals surface area contributed by atoms with Crippen LogP contribution >= 0.6 is 0 Å². The number of H-pyrrole nitrogens is 1. The Morgan fingerprint density at radius 2 is 1.46 bits per heavy atom. The lowest BCUT2D eigenvalue weighted by atomic mass is 9.90. The normalized spacial score (nSPS) is 11.2. The van der Waals surface area contributed by atoms with Gasteiger partial charge in [0.05, 0.1) is 11.4 Å². The van der Waals surface area contributed by atoms with Gasteiger partial charge < -0.3 is 16.5 Å². The van der Waals surface area contributed by atoms with Gasteiger partial charge in [0.1, 0.15) is 0 Å². The molecule has 5 N–H and O–H groups in total. The zero-order valence-corrected chi connectivity index (χ0v) is 16.1. The van der Waals surface area contributed by atoms with E-state index in [-0.39, 0.29) is 5.41 Å². The maximum atomic E-state index is 5.73. The van der Waals surface area contributed by atoms with Crippen LogP contribution in [-0.4, -0.2) is 4.98 Å². The number of aryl methyl sites for hydroxylation is 1. The molecule has 0 fully saturated rings. The average molecular weight is 348 g/mol. The first kappa shape index (κ1) is 19.4. The number of rotatable bonds is 2. The lowest BCUT2D eigenvalue weighted by molar-refractivity contribution is 0.569. The molecule has 1 aromatic heterocycles. The molecular formula is C23H29N3. The Bertz CT molecular complexity index is 853. The fourth-order valence-corrected chi connectivity index (χ4v) is 2.71. The van der Waals surface area contributed by atoms with Crippen LogP contribution in [0.3, 0.4) is 0 Å². The van der Waals surface area contributed by atoms with Gasteiger partial charge in [-0.3, -0.25) is 0 Å². The Morgan fingerprint density at radius 3 is 1.96 bits per heavy atom. The van der Waals surface area contributed by atoms with Crippen molar-refractivity contribution >= 4 is 23.5 Å². The third-order valence-electron chi connectivity index (χ3n) is 4.08. The highest BCUT2D eigenvalue weighted by atomic mass is 14.7. The van der Waals surface area contributed by atoms with Gasteiger partial charge in [-0.1, -0.05) is 69.3 Å². The van der Waals surface area contributed by atoms with Gasteiger partial charge in [-0.2, -0.15) is 0 Å². The van der Waals surface area contributed by atoms with E-state index >= 15 is 0 Å². The molecule has 0 amide bonds. The molecule has 0 saturated heterocycles. The minimum Gasteiger partial charge on any atom is -0.397 e. The van der Waals surface area contributed by atoms with Gasteiger partial charge in [-0.15, -0.1) is 0 Å². The number of hydrogen-bond acceptors (Lipinski definition) is 2. The minimum absolute atomic E-state index is 0.258. The molecule has 1 heterocycles. The third kappa shape index (κ3) is 5.55. The van der Waals surface area contributed by atoms with Crippen molar-refractivity contribution < 1.29 is 0 Å². The van der Waals surface area contributed by atoms with Gasteiger partial charge in [-0.25, -0.2) is 0 Å². The number of hydrogen-bond donors (Lipinski definition) is 3. The predicted molar refractivity (Wildman–Crippen MR) is 115 cm³/mol. The van der Waals surface area contributed by atoms with Crippen LogP contribution in [-0.2, 0) is 5.41 Å². The summed E-state index contributed by atoms with van der Waals surface area (Å²) in [5.74, 6) is 0. The second-order valence-electron chi connectivity index (χ2n) is 7.42. The monoisotopic (exact) mass is 347 g/mol. The number of benzene rings is 2. The van der Waals surface area contributed by atoms with Crippen molar-refractivity contribution in [3.8, 4) is 0 Å². The van der Waals surface area contributed by atoms with E-state index in [4.69, 9.17) is 11.5 Å². The van der Waals surface area contributed by atoms with Crippen molar-refractivity contribution in [3.05, 3.63) is 83.2 Å². The number of nitrogens with one attached hydrogen (secondary N) is 1. The maximum absolute atomic E-state index is 5.73. The molecular weight excluding hydrogens is 318 g/mol. The number of aromatic amines is 1. The molecule has 0 aliphatic rings. The molecule has 0 aliphatic carbocycles. The molecule has 136 valence electrons. The van der Waals surface area contributed by atoms with Crippen molar-refractivity contribution in [3.63, 3.8) is 0 Å². The summed E-state index contributed by atoms with van der Waals surface area (Å²) in [6.45, 7) is 8.78. The largest absolute Gasteiger partial charge is 0.397 e. The third-order valence-corrected chi connectivity index (χ3v) is 4.08. The van der Waals surface area contributed by atoms with Crippen molar-refractivity contribution in [2.24, 2.45) is 0 Å². The standard InChI is InChI=1S/C14H14N2.C9H15N/c15-13-9-8-12(10-14(13)16)7-6-11-4-2-1-3-5-11;1-7-5-6-10-8(7)9(2,3)4/h1-10H,15-16H2;5-6,10H,1-4H3. The van der Waals surface area contributed by atoms with Crippen molar-refractivity contribution in [1.82, 2.24) is 4.98 Å². The van der Waals surface area contributed by atoms with Crippen molar-refractivity contribution in [1.29, 1.82) is 0 Å². The van der Waals surface area contributed by atoms with Gasteiger partial charge >= 0.3 is 0 Å². The maximum Gasteiger partial charge on any atom is 0.0553 e. The second kappa shape index (κ2) is 8.43. The molecule has 0 aliphatic heterocycles. The van der Waals surface area contributed by atoms with Crippen LogP contribution in [0.1, 0.15) is 43.2 Å². The molecule has 3 heteroatoms. The summed E-state index contributed by atoms with van der Waals surface area (Å²) < 4.78 is 0. The summed E-state index contributed by atoms with van der Waals surface area (Å²) in [6, 6.07) is 17.9. The Kier molecular flexibility index (Phi) is 6.29. The van der Waals surface area contributed by atoms with Gasteiger partial charge in [0.25, 0.3) is 0 Å². The second-order valence-corrected chi connectivity index (χ2v) is 7.42. The van der Waals surface area contributed by atoms with Crippen molar-refractivity contribution in [2.45, 2.75) is 33.1 Å². The minimum atomic E-state index is 0.258. The van der Waals surface area contributed by atoms with E-state index in [1.807, 2.05) is 54.7 Å². The van der Waals surface area contributed by atoms with Gasteiger partial charge in [0.15, 0.2) is 0 Å². The fraction of sp³-hybridized carbons (Fsp3) is 0.217. The highest BCUT2D eigenvalue weighted by Crippen LogP contribution is 2.23. The zero-order valence-electron chi connectivity index (χ0n) is 16.1. The number of anilines is 2. The summed E-state index contributed by atoms with van der Waals surface area (Å²) in [5, 5.41) is 0. The zero-order chi connectivity index (χ0) is 19.2. The fourth-order valence-electron chi connectivity index (χ4n) is 2.71. The molecule has 3 nitrogen and oxygen atoms in total. The van der Waals surface area contributed by atoms with E-state index in [1.165, 1.54) is 11.3 Å². The molecule has 0 radical (unpaired) electrons. The van der Waals surface area contributed by atoms with Crippen LogP contribution in [0.2, 0.25) is 0 Å². The molecule has 0 atom stereocenters. The van der Waals surface area contributed by atoms with Crippen LogP contribution in [0.25, 0.3) is 12.2 Å². The SMILES string of the molecule is Cc1cc[nH]c1C(C)(C)C.Nc1ccc(C=Cc2ccccc2)cc1N. The lowest BCUT2D eigenvalue weighted by Gasteiger charge is -2.17. The highest BCUT2D eigenvalue weighted by molar-refractivity contribution is 5.74. The molecule has 3 aromatic rings. The number of aromatic nitrogens is 1. The Morgan fingerprint density at radius 1 is 0.808 bits per heavy atom. The molecule has 0 spiro atoms. The van der Waals surface area contributed by atoms with Crippen LogP contribution < -0.4 is 11.5 Å². The van der Waals surface area contributed by atoms with Crippen LogP contribution in [0.4, 0.5) is 11.4 Å². The van der Waals surface area contributed by atoms with Crippen molar-refractivity contribution in [2.75, 3.05) is 11.5 Å². The Hall–Kier alpha value is -2.94. The quantitative estimate of drug-likeness (QED) is 0.414. The Labute approximate surface area is 156 Å². The Balaban J connectivity index is 0.000000209. The molecule has 26 heavy (non-hydrogen) atoms. The number of nitrogens with two attached hydrogens (primary N) is 2. The van der Waals surface area contributed by atoms with Gasteiger partial charge in [-0.05, 0) is 41.8 Å². The van der Waals surface area contributed by atoms with Gasteiger partial charge in [0, 0.05) is 17.3 Å².